The Bertz CT molecular complexity index is 626. The van der Waals surface area contributed by atoms with Crippen molar-refractivity contribution in [2.45, 2.75) is 32.0 Å². The first-order chi connectivity index (χ1) is 10.9. The lowest BCUT2D eigenvalue weighted by atomic mass is 10.1. The number of hydrogen-bond donors (Lipinski definition) is 2. The van der Waals surface area contributed by atoms with Crippen LogP contribution < -0.4 is 10.1 Å². The van der Waals surface area contributed by atoms with Gasteiger partial charge in [-0.1, -0.05) is 17.7 Å². The van der Waals surface area contributed by atoms with Crippen molar-refractivity contribution in [3.05, 3.63) is 51.7 Å². The van der Waals surface area contributed by atoms with Gasteiger partial charge in [0.1, 0.15) is 5.75 Å². The third-order valence-electron chi connectivity index (χ3n) is 3.31. The molecule has 2 aromatic rings. The summed E-state index contributed by atoms with van der Waals surface area (Å²) in [5.41, 5.74) is -1.01. The number of aliphatic hydroxyl groups excluding tert-OH is 1. The number of thiophene rings is 1. The molecule has 0 aliphatic rings. The predicted octanol–water partition coefficient (Wildman–Crippen LogP) is 3.80. The number of halogens is 1. The second-order valence-electron chi connectivity index (χ2n) is 5.64. The second kappa shape index (κ2) is 7.81. The topological polar surface area (TPSA) is 58.6 Å². The van der Waals surface area contributed by atoms with Crippen LogP contribution >= 0.6 is 22.9 Å². The van der Waals surface area contributed by atoms with Crippen molar-refractivity contribution in [2.75, 3.05) is 6.54 Å². The van der Waals surface area contributed by atoms with E-state index in [4.69, 9.17) is 16.3 Å². The molecular weight excluding hydrogens is 334 g/mol. The quantitative estimate of drug-likeness (QED) is 0.796. The van der Waals surface area contributed by atoms with E-state index in [2.05, 4.69) is 5.32 Å². The number of carbonyl (C=O) groups excluding carboxylic acids is 1. The number of nitrogens with one attached hydrogen (secondary N) is 1. The number of aliphatic hydroxyl groups is 1. The first-order valence-corrected chi connectivity index (χ1v) is 8.58. The zero-order valence-electron chi connectivity index (χ0n) is 13.1. The van der Waals surface area contributed by atoms with Crippen LogP contribution in [-0.2, 0) is 4.79 Å². The van der Waals surface area contributed by atoms with Crippen molar-refractivity contribution in [1.29, 1.82) is 0 Å². The maximum absolute atomic E-state index is 12.3. The zero-order valence-corrected chi connectivity index (χ0v) is 14.7. The molecule has 4 nitrogen and oxygen atoms in total. The van der Waals surface area contributed by atoms with Gasteiger partial charge >= 0.3 is 0 Å². The summed E-state index contributed by atoms with van der Waals surface area (Å²) in [4.78, 5) is 13.2. The Labute approximate surface area is 145 Å². The van der Waals surface area contributed by atoms with E-state index in [1.807, 2.05) is 17.5 Å². The van der Waals surface area contributed by atoms with Crippen molar-refractivity contribution >= 4 is 28.8 Å². The van der Waals surface area contributed by atoms with Gasteiger partial charge in [-0.15, -0.1) is 11.3 Å². The van der Waals surface area contributed by atoms with Gasteiger partial charge in [0.25, 0.3) is 5.91 Å². The Balaban J connectivity index is 1.82. The molecule has 23 heavy (non-hydrogen) atoms. The lowest BCUT2D eigenvalue weighted by Gasteiger charge is -2.25. The molecule has 0 aliphatic carbocycles. The maximum Gasteiger partial charge on any atom is 0.263 e. The molecule has 124 valence electrons. The summed E-state index contributed by atoms with van der Waals surface area (Å²) in [6, 6.07) is 10.6. The molecular formula is C17H20ClNO3S. The van der Waals surface area contributed by atoms with E-state index in [-0.39, 0.29) is 5.91 Å². The fourth-order valence-corrected chi connectivity index (χ4v) is 2.87. The number of rotatable bonds is 7. The van der Waals surface area contributed by atoms with Gasteiger partial charge in [-0.05, 0) is 56.0 Å². The molecule has 0 saturated carbocycles. The highest BCUT2D eigenvalue weighted by atomic mass is 35.5. The largest absolute Gasteiger partial charge is 0.478 e. The van der Waals surface area contributed by atoms with Crippen LogP contribution in [0.2, 0.25) is 5.02 Å². The smallest absolute Gasteiger partial charge is 0.263 e. The summed E-state index contributed by atoms with van der Waals surface area (Å²) in [6.07, 6.45) is -0.0980. The fraction of sp³-hybridized carbons (Fsp3) is 0.353. The lowest BCUT2D eigenvalue weighted by Crippen LogP contribution is -2.47. The van der Waals surface area contributed by atoms with E-state index in [9.17, 15) is 9.90 Å². The monoisotopic (exact) mass is 353 g/mol. The summed E-state index contributed by atoms with van der Waals surface area (Å²) in [5, 5.41) is 15.3. The molecule has 1 amide bonds. The van der Waals surface area contributed by atoms with Gasteiger partial charge < -0.3 is 15.2 Å². The first-order valence-electron chi connectivity index (χ1n) is 7.33. The van der Waals surface area contributed by atoms with E-state index in [0.29, 0.717) is 23.7 Å². The van der Waals surface area contributed by atoms with Gasteiger partial charge in [0.15, 0.2) is 5.60 Å². The minimum Gasteiger partial charge on any atom is -0.478 e. The van der Waals surface area contributed by atoms with Crippen LogP contribution in [0.4, 0.5) is 0 Å². The Morgan fingerprint density at radius 2 is 2.04 bits per heavy atom. The van der Waals surface area contributed by atoms with Gasteiger partial charge in [0.2, 0.25) is 0 Å². The van der Waals surface area contributed by atoms with E-state index in [1.54, 1.807) is 38.1 Å². The van der Waals surface area contributed by atoms with E-state index < -0.39 is 11.7 Å². The van der Waals surface area contributed by atoms with Gasteiger partial charge in [-0.3, -0.25) is 4.79 Å². The predicted molar refractivity (Wildman–Crippen MR) is 93.1 cm³/mol. The Morgan fingerprint density at radius 1 is 1.35 bits per heavy atom. The second-order valence-corrected chi connectivity index (χ2v) is 7.06. The highest BCUT2D eigenvalue weighted by molar-refractivity contribution is 7.10. The molecule has 0 bridgehead atoms. The molecule has 1 heterocycles. The molecule has 2 N–H and O–H groups in total. The lowest BCUT2D eigenvalue weighted by molar-refractivity contribution is -0.134. The Morgan fingerprint density at radius 3 is 2.65 bits per heavy atom. The molecule has 2 rings (SSSR count). The number of amides is 1. The molecule has 0 spiro atoms. The highest BCUT2D eigenvalue weighted by Crippen LogP contribution is 2.22. The Kier molecular flexibility index (Phi) is 6.04. The SMILES string of the molecule is CC(C)(Oc1ccc(Cl)cc1)C(=O)NCCC(O)c1cccs1. The van der Waals surface area contributed by atoms with Crippen molar-refractivity contribution < 1.29 is 14.6 Å². The normalized spacial score (nSPS) is 12.7. The number of hydrogen-bond acceptors (Lipinski definition) is 4. The van der Waals surface area contributed by atoms with Crippen LogP contribution in [0, 0.1) is 0 Å². The van der Waals surface area contributed by atoms with Crippen molar-refractivity contribution in [2.24, 2.45) is 0 Å². The Hall–Kier alpha value is -1.56. The molecule has 6 heteroatoms. The number of ether oxygens (including phenoxy) is 1. The highest BCUT2D eigenvalue weighted by Gasteiger charge is 2.29. The van der Waals surface area contributed by atoms with E-state index in [1.165, 1.54) is 11.3 Å². The van der Waals surface area contributed by atoms with Crippen LogP contribution in [-0.4, -0.2) is 23.2 Å². The van der Waals surface area contributed by atoms with Crippen LogP contribution in [0.3, 0.4) is 0 Å². The molecule has 0 radical (unpaired) electrons. The minimum atomic E-state index is -1.01. The molecule has 1 unspecified atom stereocenters. The molecule has 0 fully saturated rings. The first kappa shape index (κ1) is 17.8. The summed E-state index contributed by atoms with van der Waals surface area (Å²) in [5.74, 6) is 0.346. The number of carbonyl (C=O) groups is 1. The summed E-state index contributed by atoms with van der Waals surface area (Å²) >= 11 is 7.33. The zero-order chi connectivity index (χ0) is 16.9. The van der Waals surface area contributed by atoms with E-state index >= 15 is 0 Å². The van der Waals surface area contributed by atoms with Crippen molar-refractivity contribution in [3.63, 3.8) is 0 Å². The van der Waals surface area contributed by atoms with Crippen LogP contribution in [0.5, 0.6) is 5.75 Å². The van der Waals surface area contributed by atoms with Crippen LogP contribution in [0.1, 0.15) is 31.2 Å². The molecule has 0 saturated heterocycles. The van der Waals surface area contributed by atoms with Crippen LogP contribution in [0.25, 0.3) is 0 Å². The molecule has 1 atom stereocenters. The van der Waals surface area contributed by atoms with Gasteiger partial charge in [-0.25, -0.2) is 0 Å². The van der Waals surface area contributed by atoms with Crippen molar-refractivity contribution in [1.82, 2.24) is 5.32 Å². The average molecular weight is 354 g/mol. The summed E-state index contributed by atoms with van der Waals surface area (Å²) in [7, 11) is 0. The number of benzene rings is 1. The molecule has 0 aliphatic heterocycles. The minimum absolute atomic E-state index is 0.231. The summed E-state index contributed by atoms with van der Waals surface area (Å²) < 4.78 is 5.72. The van der Waals surface area contributed by atoms with Crippen molar-refractivity contribution in [3.8, 4) is 5.75 Å². The maximum atomic E-state index is 12.3. The third kappa shape index (κ3) is 5.23. The fourth-order valence-electron chi connectivity index (χ4n) is 2.00. The van der Waals surface area contributed by atoms with Gasteiger partial charge in [-0.2, -0.15) is 0 Å². The van der Waals surface area contributed by atoms with Gasteiger partial charge in [0, 0.05) is 16.4 Å². The van der Waals surface area contributed by atoms with E-state index in [0.717, 1.165) is 4.88 Å². The standard InChI is InChI=1S/C17H20ClNO3S/c1-17(2,22-13-7-5-12(18)6-8-13)16(21)19-10-9-14(20)15-4-3-11-23-15/h3-8,11,14,20H,9-10H2,1-2H3,(H,19,21). The molecule has 1 aromatic carbocycles. The average Bonchev–Trinajstić information content (AvgIpc) is 3.03. The van der Waals surface area contributed by atoms with Gasteiger partial charge in [0.05, 0.1) is 6.10 Å². The van der Waals surface area contributed by atoms with Crippen LogP contribution in [0.15, 0.2) is 41.8 Å². The molecule has 1 aromatic heterocycles. The third-order valence-corrected chi connectivity index (χ3v) is 4.53. The summed E-state index contributed by atoms with van der Waals surface area (Å²) in [6.45, 7) is 3.78.